The Hall–Kier alpha value is -2.78. The summed E-state index contributed by atoms with van der Waals surface area (Å²) in [6.07, 6.45) is 3.61. The second-order valence-electron chi connectivity index (χ2n) is 8.55. The van der Waals surface area contributed by atoms with Crippen molar-refractivity contribution in [3.05, 3.63) is 77.4 Å². The van der Waals surface area contributed by atoms with Gasteiger partial charge in [-0.25, -0.2) is 22.2 Å². The van der Waals surface area contributed by atoms with Crippen molar-refractivity contribution in [2.24, 2.45) is 11.3 Å². The van der Waals surface area contributed by atoms with Crippen LogP contribution in [0, 0.1) is 28.8 Å². The maximum atomic E-state index is 13.7. The van der Waals surface area contributed by atoms with Crippen molar-refractivity contribution < 1.29 is 22.7 Å². The summed E-state index contributed by atoms with van der Waals surface area (Å²) in [5.74, 6) is -2.33. The third kappa shape index (κ3) is 3.93. The number of piperidine rings is 1. The molecule has 1 aliphatic carbocycles. The van der Waals surface area contributed by atoms with Gasteiger partial charge in [0.05, 0.1) is 24.4 Å². The molecule has 5 rings (SSSR count). The van der Waals surface area contributed by atoms with Gasteiger partial charge in [-0.05, 0) is 85.2 Å². The van der Waals surface area contributed by atoms with E-state index in [2.05, 4.69) is 5.10 Å². The molecule has 0 N–H and O–H groups in total. The first-order chi connectivity index (χ1) is 15.9. The summed E-state index contributed by atoms with van der Waals surface area (Å²) in [4.78, 5) is 13.7. The molecule has 2 atom stereocenters. The molecule has 1 aliphatic heterocycles. The van der Waals surface area contributed by atoms with E-state index in [0.29, 0.717) is 30.8 Å². The second-order valence-corrected chi connectivity index (χ2v) is 9.72. The maximum Gasteiger partial charge on any atom is 0.313 e. The Kier molecular flexibility index (Phi) is 5.70. The van der Waals surface area contributed by atoms with Crippen LogP contribution in [0.1, 0.15) is 17.7 Å². The van der Waals surface area contributed by atoms with Gasteiger partial charge in [-0.15, -0.1) is 0 Å². The first-order valence-corrected chi connectivity index (χ1v) is 11.4. The van der Waals surface area contributed by atoms with Crippen molar-refractivity contribution in [3.63, 3.8) is 0 Å². The standard InChI is InChI=1S/C24H22F3N3O2S/c1-32-23(31)24-12-15-13-28-30(18-4-2-17(25)3-5-18)22(15)10-16(24)8-9-29(14-24)33-19-6-7-20(26)21(27)11-19/h2-7,11,13,16H,8-10,12,14H2,1H3/t16?,24-/m0/s1. The van der Waals surface area contributed by atoms with Gasteiger partial charge in [0.2, 0.25) is 0 Å². The van der Waals surface area contributed by atoms with Crippen molar-refractivity contribution in [1.29, 1.82) is 0 Å². The van der Waals surface area contributed by atoms with Crippen molar-refractivity contribution in [2.75, 3.05) is 20.2 Å². The molecule has 0 amide bonds. The van der Waals surface area contributed by atoms with Crippen LogP contribution in [-0.4, -0.2) is 40.3 Å². The molecule has 0 saturated carbocycles. The van der Waals surface area contributed by atoms with Crippen molar-refractivity contribution in [1.82, 2.24) is 14.1 Å². The number of esters is 1. The molecule has 1 unspecified atom stereocenters. The third-order valence-corrected chi connectivity index (χ3v) is 7.69. The molecule has 1 aromatic heterocycles. The normalized spacial score (nSPS) is 22.5. The number of nitrogens with zero attached hydrogens (tertiary/aromatic N) is 3. The number of ether oxygens (including phenoxy) is 1. The lowest BCUT2D eigenvalue weighted by atomic mass is 9.63. The molecule has 5 nitrogen and oxygen atoms in total. The number of halogens is 3. The molecule has 172 valence electrons. The Bertz CT molecular complexity index is 1200. The molecule has 0 bridgehead atoms. The van der Waals surface area contributed by atoms with E-state index in [0.717, 1.165) is 29.4 Å². The number of hydrogen-bond donors (Lipinski definition) is 0. The van der Waals surface area contributed by atoms with Gasteiger partial charge in [-0.3, -0.25) is 4.79 Å². The number of carbonyl (C=O) groups excluding carboxylic acids is 1. The molecule has 0 radical (unpaired) electrons. The maximum absolute atomic E-state index is 13.7. The number of fused-ring (bicyclic) bond motifs is 2. The van der Waals surface area contributed by atoms with E-state index in [4.69, 9.17) is 4.74 Å². The number of methoxy groups -OCH3 is 1. The Morgan fingerprint density at radius 2 is 1.94 bits per heavy atom. The molecular formula is C24H22F3N3O2S. The van der Waals surface area contributed by atoms with Gasteiger partial charge in [0.15, 0.2) is 11.6 Å². The van der Waals surface area contributed by atoms with Gasteiger partial charge in [0, 0.05) is 23.7 Å². The molecular weight excluding hydrogens is 451 g/mol. The minimum atomic E-state index is -0.895. The molecule has 2 aliphatic rings. The van der Waals surface area contributed by atoms with Gasteiger partial charge in [-0.2, -0.15) is 5.10 Å². The van der Waals surface area contributed by atoms with E-state index in [1.807, 2.05) is 8.99 Å². The Balaban J connectivity index is 1.44. The van der Waals surface area contributed by atoms with Crippen LogP contribution >= 0.6 is 11.9 Å². The Morgan fingerprint density at radius 1 is 1.15 bits per heavy atom. The van der Waals surface area contributed by atoms with E-state index in [9.17, 15) is 18.0 Å². The van der Waals surface area contributed by atoms with Crippen LogP contribution in [0.25, 0.3) is 5.69 Å². The molecule has 2 aromatic carbocycles. The van der Waals surface area contributed by atoms with Gasteiger partial charge >= 0.3 is 5.97 Å². The minimum absolute atomic E-state index is 0.0372. The lowest BCUT2D eigenvalue weighted by molar-refractivity contribution is -0.160. The SMILES string of the molecule is COC(=O)[C@]12Cc3cnn(-c4ccc(F)cc4)c3CC1CCN(Sc1ccc(F)c(F)c1)C2. The fraction of sp³-hybridized carbons (Fsp3) is 0.333. The zero-order valence-electron chi connectivity index (χ0n) is 17.9. The van der Waals surface area contributed by atoms with E-state index in [1.54, 1.807) is 18.3 Å². The van der Waals surface area contributed by atoms with Gasteiger partial charge in [0.1, 0.15) is 5.82 Å². The summed E-state index contributed by atoms with van der Waals surface area (Å²) in [5, 5.41) is 4.52. The third-order valence-electron chi connectivity index (χ3n) is 6.66. The molecule has 2 heterocycles. The fourth-order valence-corrected chi connectivity index (χ4v) is 6.09. The van der Waals surface area contributed by atoms with Crippen molar-refractivity contribution >= 4 is 17.9 Å². The summed E-state index contributed by atoms with van der Waals surface area (Å²) in [5.41, 5.74) is 1.99. The topological polar surface area (TPSA) is 47.4 Å². The average Bonchev–Trinajstić information content (AvgIpc) is 3.22. The highest BCUT2D eigenvalue weighted by Gasteiger charge is 2.53. The number of hydrogen-bond acceptors (Lipinski definition) is 5. The lowest BCUT2D eigenvalue weighted by Gasteiger charge is -2.48. The number of aromatic nitrogens is 2. The minimum Gasteiger partial charge on any atom is -0.469 e. The molecule has 1 fully saturated rings. The fourth-order valence-electron chi connectivity index (χ4n) is 5.01. The zero-order valence-corrected chi connectivity index (χ0v) is 18.7. The highest BCUT2D eigenvalue weighted by molar-refractivity contribution is 7.97. The van der Waals surface area contributed by atoms with Crippen LogP contribution in [0.2, 0.25) is 0 Å². The number of rotatable bonds is 4. The predicted molar refractivity (Wildman–Crippen MR) is 117 cm³/mol. The first kappa shape index (κ1) is 22.0. The lowest BCUT2D eigenvalue weighted by Crippen LogP contribution is -2.55. The monoisotopic (exact) mass is 473 g/mol. The highest BCUT2D eigenvalue weighted by atomic mass is 32.2. The zero-order chi connectivity index (χ0) is 23.2. The summed E-state index contributed by atoms with van der Waals surface area (Å²) >= 11 is 1.32. The highest BCUT2D eigenvalue weighted by Crippen LogP contribution is 2.48. The van der Waals surface area contributed by atoms with Gasteiger partial charge < -0.3 is 4.74 Å². The summed E-state index contributed by atoms with van der Waals surface area (Å²) in [7, 11) is 1.40. The average molecular weight is 474 g/mol. The second kappa shape index (κ2) is 8.53. The van der Waals surface area contributed by atoms with E-state index in [1.165, 1.54) is 43.3 Å². The molecule has 1 saturated heterocycles. The Morgan fingerprint density at radius 3 is 2.67 bits per heavy atom. The van der Waals surface area contributed by atoms with Crippen LogP contribution in [-0.2, 0) is 22.4 Å². The van der Waals surface area contributed by atoms with E-state index in [-0.39, 0.29) is 17.7 Å². The number of carbonyl (C=O) groups is 1. The van der Waals surface area contributed by atoms with Gasteiger partial charge in [-0.1, -0.05) is 0 Å². The molecule has 0 spiro atoms. The van der Waals surface area contributed by atoms with Crippen LogP contribution < -0.4 is 0 Å². The van der Waals surface area contributed by atoms with Gasteiger partial charge in [0.25, 0.3) is 0 Å². The predicted octanol–water partition coefficient (Wildman–Crippen LogP) is 4.58. The quantitative estimate of drug-likeness (QED) is 0.410. The smallest absolute Gasteiger partial charge is 0.313 e. The molecule has 3 aromatic rings. The summed E-state index contributed by atoms with van der Waals surface area (Å²) in [6.45, 7) is 1.11. The van der Waals surface area contributed by atoms with Crippen LogP contribution in [0.5, 0.6) is 0 Å². The summed E-state index contributed by atoms with van der Waals surface area (Å²) < 4.78 is 49.5. The Labute approximate surface area is 193 Å². The van der Waals surface area contributed by atoms with Crippen LogP contribution in [0.15, 0.2) is 53.6 Å². The van der Waals surface area contributed by atoms with Crippen molar-refractivity contribution in [2.45, 2.75) is 24.2 Å². The van der Waals surface area contributed by atoms with Crippen LogP contribution in [0.4, 0.5) is 13.2 Å². The first-order valence-electron chi connectivity index (χ1n) is 10.7. The van der Waals surface area contributed by atoms with E-state index >= 15 is 0 Å². The number of benzene rings is 2. The summed E-state index contributed by atoms with van der Waals surface area (Å²) in [6, 6.07) is 9.99. The van der Waals surface area contributed by atoms with Crippen molar-refractivity contribution in [3.8, 4) is 5.69 Å². The molecule has 9 heteroatoms. The van der Waals surface area contributed by atoms with Crippen LogP contribution in [0.3, 0.4) is 0 Å². The molecule has 33 heavy (non-hydrogen) atoms. The van der Waals surface area contributed by atoms with E-state index < -0.39 is 17.0 Å². The largest absolute Gasteiger partial charge is 0.469 e.